The highest BCUT2D eigenvalue weighted by atomic mass is 32.1. The number of benzene rings is 1. The fraction of sp³-hybridized carbons (Fsp3) is 0.0556. The highest BCUT2D eigenvalue weighted by Crippen LogP contribution is 2.40. The van der Waals surface area contributed by atoms with E-state index in [2.05, 4.69) is 5.32 Å². The summed E-state index contributed by atoms with van der Waals surface area (Å²) in [6.07, 6.45) is 1.75. The largest absolute Gasteiger partial charge is 0.380 e. The normalized spacial score (nSPS) is 14.3. The molecule has 0 atom stereocenters. The molecule has 0 saturated heterocycles. The van der Waals surface area contributed by atoms with Gasteiger partial charge in [-0.05, 0) is 23.8 Å². The molecule has 1 aliphatic carbocycles. The molecule has 110 valence electrons. The Labute approximate surface area is 137 Å². The number of nitrogens with one attached hydrogen (secondary N) is 1. The topological polar surface area (TPSA) is 76.7 Å². The number of carbonyl (C=O) groups excluding carboxylic acids is 1. The summed E-state index contributed by atoms with van der Waals surface area (Å²) in [6, 6.07) is 14.7. The Hall–Kier alpha value is -3.15. The van der Waals surface area contributed by atoms with Crippen LogP contribution in [0.5, 0.6) is 0 Å². The van der Waals surface area contributed by atoms with Gasteiger partial charge in [-0.2, -0.15) is 10.5 Å². The van der Waals surface area contributed by atoms with Crippen LogP contribution in [-0.4, -0.2) is 12.8 Å². The zero-order valence-electron chi connectivity index (χ0n) is 12.3. The van der Waals surface area contributed by atoms with Crippen molar-refractivity contribution < 1.29 is 4.79 Å². The first kappa shape index (κ1) is 14.8. The third-order valence-corrected chi connectivity index (χ3v) is 4.64. The minimum Gasteiger partial charge on any atom is -0.380 e. The minimum absolute atomic E-state index is 0.0417. The fourth-order valence-corrected chi connectivity index (χ4v) is 3.36. The molecule has 1 heterocycles. The summed E-state index contributed by atoms with van der Waals surface area (Å²) in [5, 5.41) is 22.5. The van der Waals surface area contributed by atoms with Gasteiger partial charge >= 0.3 is 0 Å². The number of nitriles is 2. The van der Waals surface area contributed by atoms with Crippen LogP contribution in [0.25, 0.3) is 11.6 Å². The van der Waals surface area contributed by atoms with Gasteiger partial charge in [-0.25, -0.2) is 0 Å². The van der Waals surface area contributed by atoms with Crippen molar-refractivity contribution in [2.75, 3.05) is 12.4 Å². The third kappa shape index (κ3) is 2.44. The quantitative estimate of drug-likeness (QED) is 0.674. The van der Waals surface area contributed by atoms with E-state index in [0.717, 1.165) is 9.88 Å². The molecule has 0 saturated carbocycles. The van der Waals surface area contributed by atoms with Gasteiger partial charge in [0.05, 0.1) is 5.00 Å². The van der Waals surface area contributed by atoms with Crippen LogP contribution in [0.15, 0.2) is 47.5 Å². The molecule has 0 amide bonds. The first-order chi connectivity index (χ1) is 11.2. The van der Waals surface area contributed by atoms with Gasteiger partial charge in [-0.15, -0.1) is 11.3 Å². The van der Waals surface area contributed by atoms with Crippen LogP contribution in [0.3, 0.4) is 0 Å². The molecular formula is C18H11N3OS. The van der Waals surface area contributed by atoms with E-state index in [0.29, 0.717) is 22.3 Å². The first-order valence-electron chi connectivity index (χ1n) is 6.87. The summed E-state index contributed by atoms with van der Waals surface area (Å²) in [6.45, 7) is 0. The van der Waals surface area contributed by atoms with Crippen LogP contribution in [0.1, 0.15) is 20.8 Å². The summed E-state index contributed by atoms with van der Waals surface area (Å²) in [5.74, 6) is -0.155. The number of hydrogen-bond donors (Lipinski definition) is 1. The highest BCUT2D eigenvalue weighted by molar-refractivity contribution is 7.16. The van der Waals surface area contributed by atoms with Gasteiger partial charge in [-0.3, -0.25) is 4.79 Å². The predicted molar refractivity (Wildman–Crippen MR) is 90.8 cm³/mol. The number of rotatable bonds is 2. The maximum atomic E-state index is 12.7. The van der Waals surface area contributed by atoms with Gasteiger partial charge in [0, 0.05) is 28.6 Å². The molecule has 1 aromatic carbocycles. The molecule has 0 unspecified atom stereocenters. The predicted octanol–water partition coefficient (Wildman–Crippen LogP) is 3.87. The van der Waals surface area contributed by atoms with E-state index >= 15 is 0 Å². The van der Waals surface area contributed by atoms with E-state index in [1.165, 1.54) is 11.3 Å². The Bertz CT molecular complexity index is 935. The van der Waals surface area contributed by atoms with E-state index in [4.69, 9.17) is 0 Å². The van der Waals surface area contributed by atoms with E-state index in [9.17, 15) is 15.3 Å². The number of Topliss-reactive ketones (excluding diaryl/α,β-unsaturated/α-hetero) is 1. The lowest BCUT2D eigenvalue weighted by Crippen LogP contribution is -1.95. The zero-order chi connectivity index (χ0) is 16.4. The maximum Gasteiger partial charge on any atom is 0.194 e. The second-order valence-corrected chi connectivity index (χ2v) is 5.97. The smallest absolute Gasteiger partial charge is 0.194 e. The molecule has 0 spiro atoms. The summed E-state index contributed by atoms with van der Waals surface area (Å²) in [5.41, 5.74) is 1.96. The molecule has 1 N–H and O–H groups in total. The molecular weight excluding hydrogens is 306 g/mol. The van der Waals surface area contributed by atoms with Crippen molar-refractivity contribution in [1.82, 2.24) is 0 Å². The third-order valence-electron chi connectivity index (χ3n) is 3.59. The molecule has 4 nitrogen and oxygen atoms in total. The molecule has 0 aliphatic heterocycles. The Kier molecular flexibility index (Phi) is 3.80. The van der Waals surface area contributed by atoms with Gasteiger partial charge in [0.25, 0.3) is 0 Å². The van der Waals surface area contributed by atoms with E-state index in [1.54, 1.807) is 30.3 Å². The number of allylic oxidation sites excluding steroid dienone is 3. The Morgan fingerprint density at radius 1 is 1.13 bits per heavy atom. The Balaban J connectivity index is 2.24. The van der Waals surface area contributed by atoms with Gasteiger partial charge in [-0.1, -0.05) is 24.3 Å². The summed E-state index contributed by atoms with van der Waals surface area (Å²) < 4.78 is 0. The molecule has 0 fully saturated rings. The SMILES string of the molecule is CNc1ccc(/C=C2/C(=O)c3ccccc3C2=C(C#N)C#N)s1. The molecule has 1 aromatic heterocycles. The van der Waals surface area contributed by atoms with Gasteiger partial charge in [0.1, 0.15) is 17.7 Å². The number of thiophene rings is 1. The molecule has 5 heteroatoms. The second kappa shape index (κ2) is 5.92. The Morgan fingerprint density at radius 2 is 1.83 bits per heavy atom. The van der Waals surface area contributed by atoms with Crippen molar-refractivity contribution in [3.05, 3.63) is 63.5 Å². The number of ketones is 1. The Morgan fingerprint density at radius 3 is 2.43 bits per heavy atom. The van der Waals surface area contributed by atoms with Crippen molar-refractivity contribution in [3.8, 4) is 12.1 Å². The number of anilines is 1. The first-order valence-corrected chi connectivity index (χ1v) is 7.69. The summed E-state index contributed by atoms with van der Waals surface area (Å²) in [7, 11) is 1.83. The molecule has 0 radical (unpaired) electrons. The van der Waals surface area contributed by atoms with Crippen molar-refractivity contribution >= 4 is 33.8 Å². The van der Waals surface area contributed by atoms with Crippen molar-refractivity contribution in [3.63, 3.8) is 0 Å². The monoisotopic (exact) mass is 317 g/mol. The maximum absolute atomic E-state index is 12.7. The molecule has 23 heavy (non-hydrogen) atoms. The highest BCUT2D eigenvalue weighted by Gasteiger charge is 2.32. The number of fused-ring (bicyclic) bond motifs is 1. The average Bonchev–Trinajstić information content (AvgIpc) is 3.15. The lowest BCUT2D eigenvalue weighted by atomic mass is 9.99. The van der Waals surface area contributed by atoms with Crippen LogP contribution in [0.4, 0.5) is 5.00 Å². The van der Waals surface area contributed by atoms with Gasteiger partial charge < -0.3 is 5.32 Å². The lowest BCUT2D eigenvalue weighted by Gasteiger charge is -2.01. The molecule has 1 aliphatic rings. The van der Waals surface area contributed by atoms with E-state index in [-0.39, 0.29) is 11.4 Å². The van der Waals surface area contributed by atoms with Crippen molar-refractivity contribution in [1.29, 1.82) is 10.5 Å². The lowest BCUT2D eigenvalue weighted by molar-refractivity contribution is 0.104. The van der Waals surface area contributed by atoms with Crippen molar-refractivity contribution in [2.45, 2.75) is 0 Å². The van der Waals surface area contributed by atoms with Crippen LogP contribution in [0, 0.1) is 22.7 Å². The standard InChI is InChI=1S/C18H11N3OS/c1-21-16-7-6-12(23-16)8-15-17(11(9-19)10-20)13-4-2-3-5-14(13)18(15)22/h2-8,21H,1H3/b15-8+. The van der Waals surface area contributed by atoms with Crippen LogP contribution >= 0.6 is 11.3 Å². The van der Waals surface area contributed by atoms with Gasteiger partial charge in [0.2, 0.25) is 0 Å². The summed E-state index contributed by atoms with van der Waals surface area (Å²) >= 11 is 1.50. The zero-order valence-corrected chi connectivity index (χ0v) is 13.1. The molecule has 2 aromatic rings. The number of hydrogen-bond acceptors (Lipinski definition) is 5. The average molecular weight is 317 g/mol. The molecule has 3 rings (SSSR count). The van der Waals surface area contributed by atoms with E-state index < -0.39 is 0 Å². The minimum atomic E-state index is -0.155. The summed E-state index contributed by atoms with van der Waals surface area (Å²) in [4.78, 5) is 13.6. The van der Waals surface area contributed by atoms with E-state index in [1.807, 2.05) is 31.3 Å². The van der Waals surface area contributed by atoms with Gasteiger partial charge in [0.15, 0.2) is 5.78 Å². The van der Waals surface area contributed by atoms with Crippen LogP contribution in [-0.2, 0) is 0 Å². The number of carbonyl (C=O) groups is 1. The fourth-order valence-electron chi connectivity index (χ4n) is 2.55. The number of nitrogens with zero attached hydrogens (tertiary/aromatic N) is 2. The van der Waals surface area contributed by atoms with Crippen LogP contribution in [0.2, 0.25) is 0 Å². The van der Waals surface area contributed by atoms with Crippen LogP contribution < -0.4 is 5.32 Å². The van der Waals surface area contributed by atoms with Crippen molar-refractivity contribution in [2.24, 2.45) is 0 Å². The second-order valence-electron chi connectivity index (χ2n) is 4.86. The molecule has 0 bridgehead atoms.